The summed E-state index contributed by atoms with van der Waals surface area (Å²) >= 11 is 0. The molecule has 4 rings (SSSR count). The first kappa shape index (κ1) is 17.4. The number of nitro benzene ring substituents is 1. The van der Waals surface area contributed by atoms with Gasteiger partial charge in [0.1, 0.15) is 12.2 Å². The van der Waals surface area contributed by atoms with Gasteiger partial charge in [0.25, 0.3) is 5.69 Å². The number of fused-ring (bicyclic) bond motifs is 2. The summed E-state index contributed by atoms with van der Waals surface area (Å²) in [6.45, 7) is -0.0899. The van der Waals surface area contributed by atoms with Gasteiger partial charge in [-0.1, -0.05) is 36.4 Å². The number of benzene rings is 3. The number of rotatable bonds is 4. The standard InChI is InChI=1S/C21H15N3O4/c25-20(22-16-9-3-6-12-19(16)24(27)28)13-23-17-10-4-1-7-14(17)21(26)15-8-2-5-11-18(15)23/h1-12H,13H2,(H,22,25). The third-order valence-electron chi connectivity index (χ3n) is 4.56. The second-order valence-corrected chi connectivity index (χ2v) is 6.27. The van der Waals surface area contributed by atoms with Crippen molar-refractivity contribution in [2.75, 3.05) is 5.32 Å². The van der Waals surface area contributed by atoms with Gasteiger partial charge in [-0.05, 0) is 30.3 Å². The number of carbonyl (C=O) groups excluding carboxylic acids is 1. The fourth-order valence-electron chi connectivity index (χ4n) is 3.32. The molecule has 0 aliphatic rings. The molecule has 1 N–H and O–H groups in total. The summed E-state index contributed by atoms with van der Waals surface area (Å²) < 4.78 is 1.75. The Hall–Kier alpha value is -4.00. The van der Waals surface area contributed by atoms with Crippen molar-refractivity contribution >= 4 is 39.1 Å². The van der Waals surface area contributed by atoms with Crippen molar-refractivity contribution < 1.29 is 9.72 Å². The van der Waals surface area contributed by atoms with E-state index in [9.17, 15) is 19.7 Å². The van der Waals surface area contributed by atoms with Crippen molar-refractivity contribution in [1.82, 2.24) is 4.57 Å². The maximum atomic E-state index is 12.7. The summed E-state index contributed by atoms with van der Waals surface area (Å²) in [4.78, 5) is 36.1. The molecule has 0 aliphatic carbocycles. The summed E-state index contributed by atoms with van der Waals surface area (Å²) in [5.74, 6) is -0.423. The quantitative estimate of drug-likeness (QED) is 0.335. The lowest BCUT2D eigenvalue weighted by atomic mass is 10.1. The van der Waals surface area contributed by atoms with Crippen LogP contribution in [0.25, 0.3) is 21.8 Å². The molecule has 7 heteroatoms. The van der Waals surface area contributed by atoms with Crippen LogP contribution in [0, 0.1) is 10.1 Å². The molecule has 0 atom stereocenters. The van der Waals surface area contributed by atoms with E-state index in [0.29, 0.717) is 21.8 Å². The summed E-state index contributed by atoms with van der Waals surface area (Å²) in [6, 6.07) is 20.1. The molecule has 1 aromatic heterocycles. The first-order valence-corrected chi connectivity index (χ1v) is 8.60. The zero-order valence-corrected chi connectivity index (χ0v) is 14.7. The van der Waals surface area contributed by atoms with Crippen molar-refractivity contribution in [2.45, 2.75) is 6.54 Å². The maximum Gasteiger partial charge on any atom is 0.292 e. The van der Waals surface area contributed by atoms with Crippen LogP contribution >= 0.6 is 0 Å². The lowest BCUT2D eigenvalue weighted by Gasteiger charge is -2.15. The monoisotopic (exact) mass is 373 g/mol. The number of pyridine rings is 1. The molecule has 138 valence electrons. The Bertz CT molecular complexity index is 1230. The second-order valence-electron chi connectivity index (χ2n) is 6.27. The Morgan fingerprint density at radius 2 is 1.43 bits per heavy atom. The molecule has 0 fully saturated rings. The molecule has 0 radical (unpaired) electrons. The third-order valence-corrected chi connectivity index (χ3v) is 4.56. The van der Waals surface area contributed by atoms with Gasteiger partial charge in [0.15, 0.2) is 5.43 Å². The molecule has 1 heterocycles. The minimum atomic E-state index is -0.542. The van der Waals surface area contributed by atoms with E-state index in [0.717, 1.165) is 0 Å². The van der Waals surface area contributed by atoms with Crippen molar-refractivity contribution in [2.24, 2.45) is 0 Å². The van der Waals surface area contributed by atoms with Gasteiger partial charge in [-0.3, -0.25) is 19.7 Å². The number of carbonyl (C=O) groups is 1. The average Bonchev–Trinajstić information content (AvgIpc) is 2.71. The number of anilines is 1. The van der Waals surface area contributed by atoms with Gasteiger partial charge in [0.05, 0.1) is 16.0 Å². The molecule has 0 aliphatic heterocycles. The van der Waals surface area contributed by atoms with Crippen LogP contribution in [-0.4, -0.2) is 15.4 Å². The van der Waals surface area contributed by atoms with Crippen LogP contribution in [0.2, 0.25) is 0 Å². The van der Waals surface area contributed by atoms with Crippen LogP contribution in [0.3, 0.4) is 0 Å². The second kappa shape index (κ2) is 6.96. The average molecular weight is 373 g/mol. The fraction of sp³-hybridized carbons (Fsp3) is 0.0476. The Kier molecular flexibility index (Phi) is 4.33. The molecule has 4 aromatic rings. The number of hydrogen-bond donors (Lipinski definition) is 1. The summed E-state index contributed by atoms with van der Waals surface area (Å²) in [5.41, 5.74) is 1.12. The van der Waals surface area contributed by atoms with Gasteiger partial charge < -0.3 is 9.88 Å². The summed E-state index contributed by atoms with van der Waals surface area (Å²) in [7, 11) is 0. The number of aromatic nitrogens is 1. The molecule has 1 amide bonds. The molecule has 3 aromatic carbocycles. The van der Waals surface area contributed by atoms with Crippen molar-refractivity contribution in [3.05, 3.63) is 93.1 Å². The number of amides is 1. The molecule has 0 saturated carbocycles. The smallest absolute Gasteiger partial charge is 0.292 e. The van der Waals surface area contributed by atoms with Crippen molar-refractivity contribution in [3.8, 4) is 0 Å². The molecule has 0 bridgehead atoms. The molecule has 0 spiro atoms. The molecule has 28 heavy (non-hydrogen) atoms. The predicted molar refractivity (Wildman–Crippen MR) is 107 cm³/mol. The zero-order valence-electron chi connectivity index (χ0n) is 14.7. The van der Waals surface area contributed by atoms with Gasteiger partial charge in [-0.2, -0.15) is 0 Å². The topological polar surface area (TPSA) is 94.2 Å². The Balaban J connectivity index is 1.79. The normalized spacial score (nSPS) is 10.9. The third kappa shape index (κ3) is 2.99. The fourth-order valence-corrected chi connectivity index (χ4v) is 3.32. The van der Waals surface area contributed by atoms with Gasteiger partial charge >= 0.3 is 0 Å². The highest BCUT2D eigenvalue weighted by molar-refractivity contribution is 5.98. The van der Waals surface area contributed by atoms with Crippen LogP contribution in [0.4, 0.5) is 11.4 Å². The van der Waals surface area contributed by atoms with Crippen LogP contribution < -0.4 is 10.7 Å². The minimum absolute atomic E-state index is 0.0899. The van der Waals surface area contributed by atoms with Gasteiger partial charge in [0.2, 0.25) is 5.91 Å². The van der Waals surface area contributed by atoms with E-state index < -0.39 is 10.8 Å². The van der Waals surface area contributed by atoms with E-state index in [1.807, 2.05) is 0 Å². The van der Waals surface area contributed by atoms with Crippen LogP contribution in [0.15, 0.2) is 77.6 Å². The van der Waals surface area contributed by atoms with E-state index >= 15 is 0 Å². The Labute approximate surface area is 159 Å². The van der Waals surface area contributed by atoms with Crippen LogP contribution in [0.5, 0.6) is 0 Å². The highest BCUT2D eigenvalue weighted by Gasteiger charge is 2.17. The van der Waals surface area contributed by atoms with Gasteiger partial charge in [0, 0.05) is 16.8 Å². The SMILES string of the molecule is O=C(Cn1c2ccccc2c(=O)c2ccccc21)Nc1ccccc1[N+](=O)[O-]. The van der Waals surface area contributed by atoms with Crippen molar-refractivity contribution in [3.63, 3.8) is 0 Å². The van der Waals surface area contributed by atoms with E-state index in [4.69, 9.17) is 0 Å². The van der Waals surface area contributed by atoms with E-state index in [2.05, 4.69) is 5.32 Å². The molecule has 7 nitrogen and oxygen atoms in total. The first-order chi connectivity index (χ1) is 13.6. The number of para-hydroxylation sites is 4. The van der Waals surface area contributed by atoms with Gasteiger partial charge in [-0.15, -0.1) is 0 Å². The summed E-state index contributed by atoms with van der Waals surface area (Å²) in [5, 5.41) is 14.8. The number of nitrogens with zero attached hydrogens (tertiary/aromatic N) is 2. The maximum absolute atomic E-state index is 12.7. The Morgan fingerprint density at radius 1 is 0.893 bits per heavy atom. The number of nitro groups is 1. The highest BCUT2D eigenvalue weighted by Crippen LogP contribution is 2.24. The minimum Gasteiger partial charge on any atom is -0.331 e. The zero-order chi connectivity index (χ0) is 19.7. The largest absolute Gasteiger partial charge is 0.331 e. The van der Waals surface area contributed by atoms with E-state index in [1.165, 1.54) is 18.2 Å². The van der Waals surface area contributed by atoms with E-state index in [-0.39, 0.29) is 23.3 Å². The number of hydrogen-bond acceptors (Lipinski definition) is 4. The molecular weight excluding hydrogens is 358 g/mol. The first-order valence-electron chi connectivity index (χ1n) is 8.60. The molecular formula is C21H15N3O4. The van der Waals surface area contributed by atoms with Crippen LogP contribution in [0.1, 0.15) is 0 Å². The highest BCUT2D eigenvalue weighted by atomic mass is 16.6. The lowest BCUT2D eigenvalue weighted by molar-refractivity contribution is -0.383. The number of nitrogens with one attached hydrogen (secondary N) is 1. The lowest BCUT2D eigenvalue weighted by Crippen LogP contribution is -2.22. The van der Waals surface area contributed by atoms with Crippen molar-refractivity contribution in [1.29, 1.82) is 0 Å². The summed E-state index contributed by atoms with van der Waals surface area (Å²) in [6.07, 6.45) is 0. The molecule has 0 saturated heterocycles. The molecule has 0 unspecified atom stereocenters. The van der Waals surface area contributed by atoms with E-state index in [1.54, 1.807) is 59.2 Å². The van der Waals surface area contributed by atoms with Gasteiger partial charge in [-0.25, -0.2) is 0 Å². The predicted octanol–water partition coefficient (Wildman–Crippen LogP) is 3.70. The Morgan fingerprint density at radius 3 is 2.04 bits per heavy atom. The van der Waals surface area contributed by atoms with Crippen LogP contribution in [-0.2, 0) is 11.3 Å².